The molecule has 2 saturated heterocycles. The molecule has 0 radical (unpaired) electrons. The van der Waals surface area contributed by atoms with Gasteiger partial charge in [-0.25, -0.2) is 4.79 Å². The lowest BCUT2D eigenvalue weighted by atomic mass is 9.96. The van der Waals surface area contributed by atoms with Gasteiger partial charge in [0, 0.05) is 56.4 Å². The molecule has 2 aliphatic heterocycles. The topological polar surface area (TPSA) is 73.0 Å². The molecule has 3 aliphatic rings. The molecule has 0 unspecified atom stereocenters. The number of amides is 4. The SMILES string of the molecule is O=C(NC1CCCCC1)N1CCN(C(=O)c2cccc(N3CCCC3=O)c2)CC1. The first-order valence-electron chi connectivity index (χ1n) is 10.9. The number of carbonyl (C=O) groups is 3. The lowest BCUT2D eigenvalue weighted by Gasteiger charge is -2.36. The number of rotatable bonds is 3. The third-order valence-corrected chi connectivity index (χ3v) is 6.27. The third kappa shape index (κ3) is 4.54. The number of anilines is 1. The fraction of sp³-hybridized carbons (Fsp3) is 0.591. The lowest BCUT2D eigenvalue weighted by Crippen LogP contribution is -2.54. The summed E-state index contributed by atoms with van der Waals surface area (Å²) in [7, 11) is 0. The molecular weight excluding hydrogens is 368 g/mol. The van der Waals surface area contributed by atoms with E-state index in [0.717, 1.165) is 24.9 Å². The quantitative estimate of drug-likeness (QED) is 0.851. The molecule has 0 atom stereocenters. The van der Waals surface area contributed by atoms with Gasteiger partial charge in [0.1, 0.15) is 0 Å². The molecule has 3 fully saturated rings. The Morgan fingerprint density at radius 3 is 2.31 bits per heavy atom. The highest BCUT2D eigenvalue weighted by Gasteiger charge is 2.27. The van der Waals surface area contributed by atoms with Gasteiger partial charge in [-0.05, 0) is 37.5 Å². The van der Waals surface area contributed by atoms with Crippen LogP contribution >= 0.6 is 0 Å². The normalized spacial score (nSPS) is 20.8. The predicted molar refractivity (Wildman–Crippen MR) is 111 cm³/mol. The van der Waals surface area contributed by atoms with E-state index in [1.807, 2.05) is 23.1 Å². The van der Waals surface area contributed by atoms with E-state index in [4.69, 9.17) is 0 Å². The van der Waals surface area contributed by atoms with Gasteiger partial charge in [-0.15, -0.1) is 0 Å². The number of benzene rings is 1. The van der Waals surface area contributed by atoms with Crippen molar-refractivity contribution in [2.75, 3.05) is 37.6 Å². The summed E-state index contributed by atoms with van der Waals surface area (Å²) in [6.45, 7) is 2.88. The van der Waals surface area contributed by atoms with E-state index in [9.17, 15) is 14.4 Å². The van der Waals surface area contributed by atoms with Crippen LogP contribution in [0.5, 0.6) is 0 Å². The van der Waals surface area contributed by atoms with Crippen molar-refractivity contribution in [1.82, 2.24) is 15.1 Å². The summed E-state index contributed by atoms with van der Waals surface area (Å²) in [5.74, 6) is 0.0815. The molecule has 7 nitrogen and oxygen atoms in total. The molecule has 1 aromatic carbocycles. The van der Waals surface area contributed by atoms with Gasteiger partial charge < -0.3 is 20.0 Å². The molecular formula is C22H30N4O3. The van der Waals surface area contributed by atoms with Crippen LogP contribution in [0.4, 0.5) is 10.5 Å². The summed E-state index contributed by atoms with van der Waals surface area (Å²) in [6.07, 6.45) is 7.22. The highest BCUT2D eigenvalue weighted by Crippen LogP contribution is 2.23. The summed E-state index contributed by atoms with van der Waals surface area (Å²) >= 11 is 0. The number of nitrogens with zero attached hydrogens (tertiary/aromatic N) is 3. The smallest absolute Gasteiger partial charge is 0.317 e. The van der Waals surface area contributed by atoms with Crippen molar-refractivity contribution in [1.29, 1.82) is 0 Å². The van der Waals surface area contributed by atoms with Crippen molar-refractivity contribution in [3.63, 3.8) is 0 Å². The van der Waals surface area contributed by atoms with Crippen molar-refractivity contribution in [2.24, 2.45) is 0 Å². The van der Waals surface area contributed by atoms with Crippen molar-refractivity contribution in [3.05, 3.63) is 29.8 Å². The van der Waals surface area contributed by atoms with Crippen LogP contribution in [0.25, 0.3) is 0 Å². The highest BCUT2D eigenvalue weighted by molar-refractivity contribution is 5.99. The first-order valence-corrected chi connectivity index (χ1v) is 10.9. The summed E-state index contributed by atoms with van der Waals surface area (Å²) < 4.78 is 0. The Morgan fingerprint density at radius 2 is 1.62 bits per heavy atom. The van der Waals surface area contributed by atoms with Gasteiger partial charge in [-0.1, -0.05) is 25.3 Å². The molecule has 1 N–H and O–H groups in total. The number of hydrogen-bond acceptors (Lipinski definition) is 3. The van der Waals surface area contributed by atoms with Crippen LogP contribution in [0.2, 0.25) is 0 Å². The van der Waals surface area contributed by atoms with Gasteiger partial charge in [0.2, 0.25) is 5.91 Å². The molecule has 156 valence electrons. The number of urea groups is 1. The fourth-order valence-electron chi connectivity index (χ4n) is 4.54. The molecule has 7 heteroatoms. The maximum atomic E-state index is 12.9. The van der Waals surface area contributed by atoms with Crippen LogP contribution in [0.1, 0.15) is 55.3 Å². The Balaban J connectivity index is 1.32. The maximum absolute atomic E-state index is 12.9. The van der Waals surface area contributed by atoms with Gasteiger partial charge in [0.25, 0.3) is 5.91 Å². The van der Waals surface area contributed by atoms with Gasteiger partial charge in [0.15, 0.2) is 0 Å². The standard InChI is InChI=1S/C22H30N4O3/c27-20-10-5-11-26(20)19-9-4-6-17(16-19)21(28)24-12-14-25(15-13-24)22(29)23-18-7-2-1-3-8-18/h4,6,9,16,18H,1-3,5,7-8,10-15H2,(H,23,29). The average molecular weight is 399 g/mol. The van der Waals surface area contributed by atoms with Gasteiger partial charge in [-0.3, -0.25) is 9.59 Å². The number of nitrogens with one attached hydrogen (secondary N) is 1. The second kappa shape index (κ2) is 8.84. The zero-order chi connectivity index (χ0) is 20.2. The minimum Gasteiger partial charge on any atom is -0.335 e. The minimum atomic E-state index is -0.0363. The third-order valence-electron chi connectivity index (χ3n) is 6.27. The van der Waals surface area contributed by atoms with Crippen molar-refractivity contribution >= 4 is 23.5 Å². The van der Waals surface area contributed by atoms with E-state index < -0.39 is 0 Å². The van der Waals surface area contributed by atoms with Crippen molar-refractivity contribution in [2.45, 2.75) is 51.0 Å². The van der Waals surface area contributed by atoms with Crippen LogP contribution < -0.4 is 10.2 Å². The Kier molecular flexibility index (Phi) is 6.02. The van der Waals surface area contributed by atoms with E-state index in [0.29, 0.717) is 50.7 Å². The fourth-order valence-corrected chi connectivity index (χ4v) is 4.54. The molecule has 0 bridgehead atoms. The van der Waals surface area contributed by atoms with E-state index in [1.165, 1.54) is 19.3 Å². The minimum absolute atomic E-state index is 0.00135. The van der Waals surface area contributed by atoms with Crippen LogP contribution in [-0.2, 0) is 4.79 Å². The van der Waals surface area contributed by atoms with Gasteiger partial charge in [-0.2, -0.15) is 0 Å². The maximum Gasteiger partial charge on any atom is 0.317 e. The molecule has 2 heterocycles. The molecule has 0 aromatic heterocycles. The zero-order valence-electron chi connectivity index (χ0n) is 16.9. The van der Waals surface area contributed by atoms with E-state index in [2.05, 4.69) is 5.32 Å². The largest absolute Gasteiger partial charge is 0.335 e. The van der Waals surface area contributed by atoms with Crippen LogP contribution in [-0.4, -0.2) is 66.4 Å². The number of piperazine rings is 1. The number of hydrogen-bond donors (Lipinski definition) is 1. The zero-order valence-corrected chi connectivity index (χ0v) is 16.9. The van der Waals surface area contributed by atoms with E-state index in [1.54, 1.807) is 15.9 Å². The number of carbonyl (C=O) groups excluding carboxylic acids is 3. The van der Waals surface area contributed by atoms with Crippen LogP contribution in [0.3, 0.4) is 0 Å². The van der Waals surface area contributed by atoms with E-state index in [-0.39, 0.29) is 17.8 Å². The summed E-state index contributed by atoms with van der Waals surface area (Å²) in [5.41, 5.74) is 1.39. The average Bonchev–Trinajstić information content (AvgIpc) is 3.20. The molecule has 1 aromatic rings. The Morgan fingerprint density at radius 1 is 0.897 bits per heavy atom. The van der Waals surface area contributed by atoms with Gasteiger partial charge in [0.05, 0.1) is 0 Å². The molecule has 1 aliphatic carbocycles. The first-order chi connectivity index (χ1) is 14.1. The summed E-state index contributed by atoms with van der Waals surface area (Å²) in [5, 5.41) is 3.15. The van der Waals surface area contributed by atoms with Crippen molar-refractivity contribution < 1.29 is 14.4 Å². The summed E-state index contributed by atoms with van der Waals surface area (Å²) in [4.78, 5) is 42.8. The lowest BCUT2D eigenvalue weighted by molar-refractivity contribution is -0.117. The van der Waals surface area contributed by atoms with Crippen molar-refractivity contribution in [3.8, 4) is 0 Å². The van der Waals surface area contributed by atoms with Crippen LogP contribution in [0.15, 0.2) is 24.3 Å². The summed E-state index contributed by atoms with van der Waals surface area (Å²) in [6, 6.07) is 7.63. The van der Waals surface area contributed by atoms with Crippen LogP contribution in [0, 0.1) is 0 Å². The molecule has 0 spiro atoms. The molecule has 1 saturated carbocycles. The second-order valence-corrected chi connectivity index (χ2v) is 8.26. The molecule has 4 amide bonds. The molecule has 29 heavy (non-hydrogen) atoms. The monoisotopic (exact) mass is 398 g/mol. The predicted octanol–water partition coefficient (Wildman–Crippen LogP) is 2.61. The van der Waals surface area contributed by atoms with Gasteiger partial charge >= 0.3 is 6.03 Å². The second-order valence-electron chi connectivity index (χ2n) is 8.26. The Hall–Kier alpha value is -2.57. The van der Waals surface area contributed by atoms with E-state index >= 15 is 0 Å². The Labute approximate surface area is 172 Å². The highest BCUT2D eigenvalue weighted by atomic mass is 16.2. The molecule has 4 rings (SSSR count). The Bertz CT molecular complexity index is 767. The first kappa shape index (κ1) is 19.7.